The normalized spacial score (nSPS) is 12.5. The number of allylic oxidation sites excluding steroid dienone is 10. The fraction of sp³-hybridized carbons (Fsp3) is 0.768. The van der Waals surface area contributed by atoms with Crippen molar-refractivity contribution in [1.82, 2.24) is 0 Å². The topological polar surface area (TPSA) is 78.9 Å². The molecule has 0 aliphatic rings. The van der Waals surface area contributed by atoms with Gasteiger partial charge in [-0.1, -0.05) is 248 Å². The highest BCUT2D eigenvalue weighted by molar-refractivity contribution is 5.71. The van der Waals surface area contributed by atoms with Gasteiger partial charge in [0.2, 0.25) is 0 Å². The maximum Gasteiger partial charge on any atom is 0.306 e. The molecule has 62 heavy (non-hydrogen) atoms. The van der Waals surface area contributed by atoms with Gasteiger partial charge in [-0.2, -0.15) is 0 Å². The van der Waals surface area contributed by atoms with Crippen molar-refractivity contribution in [2.24, 2.45) is 0 Å². The molecule has 0 N–H and O–H groups in total. The Balaban J connectivity index is 4.43. The van der Waals surface area contributed by atoms with Gasteiger partial charge < -0.3 is 14.2 Å². The molecular weight excluding hydrogens is 769 g/mol. The van der Waals surface area contributed by atoms with E-state index in [2.05, 4.69) is 75.5 Å². The van der Waals surface area contributed by atoms with Crippen molar-refractivity contribution in [3.63, 3.8) is 0 Å². The molecule has 0 saturated heterocycles. The number of esters is 3. The molecule has 1 unspecified atom stereocenters. The third-order valence-electron chi connectivity index (χ3n) is 11.3. The summed E-state index contributed by atoms with van der Waals surface area (Å²) in [7, 11) is 0. The molecule has 0 bridgehead atoms. The highest BCUT2D eigenvalue weighted by atomic mass is 16.6. The number of rotatable bonds is 47. The first-order valence-corrected chi connectivity index (χ1v) is 26.3. The minimum atomic E-state index is -0.809. The number of carbonyl (C=O) groups excluding carboxylic acids is 3. The smallest absolute Gasteiger partial charge is 0.306 e. The number of carbonyl (C=O) groups is 3. The molecule has 0 spiro atoms. The predicted molar refractivity (Wildman–Crippen MR) is 265 cm³/mol. The van der Waals surface area contributed by atoms with Gasteiger partial charge in [0.05, 0.1) is 0 Å². The summed E-state index contributed by atoms with van der Waals surface area (Å²) in [5.41, 5.74) is 0. The summed E-state index contributed by atoms with van der Waals surface area (Å²) < 4.78 is 16.7. The fourth-order valence-corrected chi connectivity index (χ4v) is 7.37. The highest BCUT2D eigenvalue weighted by Gasteiger charge is 2.19. The zero-order chi connectivity index (χ0) is 45.1. The van der Waals surface area contributed by atoms with Crippen LogP contribution in [0.25, 0.3) is 0 Å². The van der Waals surface area contributed by atoms with E-state index >= 15 is 0 Å². The highest BCUT2D eigenvalue weighted by Crippen LogP contribution is 2.16. The van der Waals surface area contributed by atoms with Crippen LogP contribution in [0.1, 0.15) is 258 Å². The minimum absolute atomic E-state index is 0.100. The maximum atomic E-state index is 12.8. The number of hydrogen-bond acceptors (Lipinski definition) is 6. The Morgan fingerprint density at radius 1 is 0.339 bits per heavy atom. The first kappa shape index (κ1) is 59.1. The van der Waals surface area contributed by atoms with Crippen molar-refractivity contribution in [3.8, 4) is 0 Å². The van der Waals surface area contributed by atoms with E-state index in [9.17, 15) is 14.4 Å². The third-order valence-corrected chi connectivity index (χ3v) is 11.3. The Hall–Kier alpha value is -2.89. The van der Waals surface area contributed by atoms with Crippen LogP contribution in [0, 0.1) is 0 Å². The van der Waals surface area contributed by atoms with Crippen LogP contribution in [-0.2, 0) is 28.6 Å². The van der Waals surface area contributed by atoms with Gasteiger partial charge in [-0.15, -0.1) is 0 Å². The summed E-state index contributed by atoms with van der Waals surface area (Å²) >= 11 is 0. The zero-order valence-corrected chi connectivity index (χ0v) is 40.9. The molecular formula is C56H98O6. The van der Waals surface area contributed by atoms with E-state index in [0.717, 1.165) is 70.6 Å². The van der Waals surface area contributed by atoms with Crippen LogP contribution in [0.3, 0.4) is 0 Å². The van der Waals surface area contributed by atoms with Gasteiger partial charge >= 0.3 is 17.9 Å². The van der Waals surface area contributed by atoms with Crippen LogP contribution in [0.15, 0.2) is 60.8 Å². The second-order valence-electron chi connectivity index (χ2n) is 17.4. The van der Waals surface area contributed by atoms with Crippen molar-refractivity contribution in [2.45, 2.75) is 264 Å². The van der Waals surface area contributed by atoms with E-state index in [1.807, 2.05) is 6.08 Å². The van der Waals surface area contributed by atoms with Gasteiger partial charge in [0.15, 0.2) is 6.10 Å². The second-order valence-corrected chi connectivity index (χ2v) is 17.4. The predicted octanol–water partition coefficient (Wildman–Crippen LogP) is 17.3. The lowest BCUT2D eigenvalue weighted by Gasteiger charge is -2.18. The molecule has 6 nitrogen and oxygen atoms in total. The Morgan fingerprint density at radius 3 is 0.952 bits per heavy atom. The summed E-state index contributed by atoms with van der Waals surface area (Å²) in [5, 5.41) is 0. The van der Waals surface area contributed by atoms with Crippen molar-refractivity contribution in [1.29, 1.82) is 0 Å². The average Bonchev–Trinajstić information content (AvgIpc) is 3.27. The monoisotopic (exact) mass is 867 g/mol. The lowest BCUT2D eigenvalue weighted by molar-refractivity contribution is -0.166. The summed E-state index contributed by atoms with van der Waals surface area (Å²) in [6.45, 7) is 6.47. The molecule has 0 aromatic carbocycles. The molecule has 0 aliphatic heterocycles. The molecule has 1 atom stereocenters. The van der Waals surface area contributed by atoms with Crippen LogP contribution in [0.2, 0.25) is 0 Å². The Kier molecular flexibility index (Phi) is 48.4. The maximum absolute atomic E-state index is 12.8. The number of ether oxygens (including phenoxy) is 3. The molecule has 0 aliphatic carbocycles. The van der Waals surface area contributed by atoms with E-state index in [1.54, 1.807) is 0 Å². The quantitative estimate of drug-likeness (QED) is 0.0262. The molecule has 0 aromatic rings. The van der Waals surface area contributed by atoms with Gasteiger partial charge in [-0.05, 0) is 51.4 Å². The van der Waals surface area contributed by atoms with Gasteiger partial charge in [0, 0.05) is 19.3 Å². The standard InChI is InChI=1S/C56H98O6/c1-4-7-10-13-16-19-22-24-26-28-30-31-34-37-40-43-46-49-55(58)61-52-53(51-60-54(57)48-45-42-39-36-33-21-18-15-12-9-6-3)62-56(59)50-47-44-41-38-35-32-29-27-25-23-20-17-14-11-8-5-2/h8,11,17,20,25,27,32,35,41,44,53H,4-7,9-10,12-16,18-19,21-24,26,28-31,33-34,36-40,42-43,45-52H2,1-3H3/b11-8-,20-17-,27-25-,35-32-,44-41-. The SMILES string of the molecule is CC/C=C\C/C=C\C/C=C\C/C=C\C/C=C\CCC(=O)OC(COC(=O)CCCCCCCCCCCCC)COC(=O)CCCCCCCCCCCCCCCCCCC. The molecule has 358 valence electrons. The number of unbranched alkanes of at least 4 members (excludes halogenated alkanes) is 26. The summed E-state index contributed by atoms with van der Waals surface area (Å²) in [6, 6.07) is 0. The van der Waals surface area contributed by atoms with Crippen LogP contribution in [0.4, 0.5) is 0 Å². The zero-order valence-electron chi connectivity index (χ0n) is 40.9. The molecule has 0 radical (unpaired) electrons. The van der Waals surface area contributed by atoms with E-state index in [1.165, 1.54) is 141 Å². The van der Waals surface area contributed by atoms with E-state index < -0.39 is 6.10 Å². The molecule has 6 heteroatoms. The molecule has 0 amide bonds. The van der Waals surface area contributed by atoms with Gasteiger partial charge in [0.25, 0.3) is 0 Å². The van der Waals surface area contributed by atoms with Crippen molar-refractivity contribution in [2.75, 3.05) is 13.2 Å². The molecule has 0 heterocycles. The van der Waals surface area contributed by atoms with Gasteiger partial charge in [0.1, 0.15) is 13.2 Å². The summed E-state index contributed by atoms with van der Waals surface area (Å²) in [6.07, 6.45) is 62.2. The summed E-state index contributed by atoms with van der Waals surface area (Å²) in [5.74, 6) is -0.977. The van der Waals surface area contributed by atoms with Crippen molar-refractivity contribution < 1.29 is 28.6 Å². The van der Waals surface area contributed by atoms with Gasteiger partial charge in [-0.3, -0.25) is 14.4 Å². The average molecular weight is 867 g/mol. The van der Waals surface area contributed by atoms with Gasteiger partial charge in [-0.25, -0.2) is 0 Å². The van der Waals surface area contributed by atoms with Crippen LogP contribution < -0.4 is 0 Å². The molecule has 0 rings (SSSR count). The molecule has 0 aromatic heterocycles. The summed E-state index contributed by atoms with van der Waals surface area (Å²) in [4.78, 5) is 37.9. The first-order chi connectivity index (χ1) is 30.5. The largest absolute Gasteiger partial charge is 0.462 e. The lowest BCUT2D eigenvalue weighted by Crippen LogP contribution is -2.30. The van der Waals surface area contributed by atoms with Crippen molar-refractivity contribution >= 4 is 17.9 Å². The molecule has 0 saturated carbocycles. The van der Waals surface area contributed by atoms with Crippen LogP contribution in [-0.4, -0.2) is 37.2 Å². The minimum Gasteiger partial charge on any atom is -0.462 e. The lowest BCUT2D eigenvalue weighted by atomic mass is 10.0. The van der Waals surface area contributed by atoms with E-state index in [4.69, 9.17) is 14.2 Å². The van der Waals surface area contributed by atoms with E-state index in [-0.39, 0.29) is 37.5 Å². The Morgan fingerprint density at radius 2 is 0.629 bits per heavy atom. The second kappa shape index (κ2) is 50.8. The number of hydrogen-bond donors (Lipinski definition) is 0. The fourth-order valence-electron chi connectivity index (χ4n) is 7.37. The Labute approximate surface area is 383 Å². The Bertz CT molecular complexity index is 1130. The third kappa shape index (κ3) is 48.1. The van der Waals surface area contributed by atoms with Crippen molar-refractivity contribution in [3.05, 3.63) is 60.8 Å². The van der Waals surface area contributed by atoms with Crippen LogP contribution >= 0.6 is 0 Å². The first-order valence-electron chi connectivity index (χ1n) is 26.3. The molecule has 0 fully saturated rings. The van der Waals surface area contributed by atoms with Crippen LogP contribution in [0.5, 0.6) is 0 Å². The van der Waals surface area contributed by atoms with E-state index in [0.29, 0.717) is 19.3 Å².